The number of halogens is 1. The van der Waals surface area contributed by atoms with Gasteiger partial charge in [-0.05, 0) is 37.6 Å². The molecule has 0 atom stereocenters. The number of aryl methyl sites for hydroxylation is 1. The quantitative estimate of drug-likeness (QED) is 0.491. The van der Waals surface area contributed by atoms with Crippen LogP contribution < -0.4 is 10.9 Å². The molecule has 0 saturated carbocycles. The number of nitrogens with zero attached hydrogens (tertiary/aromatic N) is 1. The van der Waals surface area contributed by atoms with E-state index in [1.54, 1.807) is 24.3 Å². The molecule has 2 heterocycles. The van der Waals surface area contributed by atoms with Crippen molar-refractivity contribution in [3.05, 3.63) is 50.9 Å². The molecule has 0 fully saturated rings. The fourth-order valence-corrected chi connectivity index (χ4v) is 3.11. The molecule has 8 heteroatoms. The summed E-state index contributed by atoms with van der Waals surface area (Å²) < 4.78 is 0. The normalized spacial score (nSPS) is 11.0. The first-order valence-corrected chi connectivity index (χ1v) is 8.58. The number of aromatic nitrogens is 3. The van der Waals surface area contributed by atoms with Crippen LogP contribution in [-0.4, -0.2) is 26.6 Å². The van der Waals surface area contributed by atoms with Gasteiger partial charge in [-0.3, -0.25) is 14.6 Å². The fourth-order valence-electron chi connectivity index (χ4n) is 2.26. The van der Waals surface area contributed by atoms with Gasteiger partial charge in [0.1, 0.15) is 5.52 Å². The number of H-pyrrole nitrogens is 2. The molecule has 1 amide bonds. The highest BCUT2D eigenvalue weighted by atomic mass is 35.5. The number of benzene rings is 1. The van der Waals surface area contributed by atoms with Crippen LogP contribution in [-0.2, 0) is 4.79 Å². The summed E-state index contributed by atoms with van der Waals surface area (Å²) in [6, 6.07) is 7.13. The zero-order valence-electron chi connectivity index (χ0n) is 13.1. The van der Waals surface area contributed by atoms with Crippen LogP contribution in [0.4, 0.5) is 5.69 Å². The zero-order valence-corrected chi connectivity index (χ0v) is 14.6. The molecule has 3 aromatic rings. The summed E-state index contributed by atoms with van der Waals surface area (Å²) in [4.78, 5) is 34.0. The van der Waals surface area contributed by atoms with Crippen molar-refractivity contribution < 1.29 is 4.79 Å². The Morgan fingerprint density at radius 3 is 2.92 bits per heavy atom. The summed E-state index contributed by atoms with van der Waals surface area (Å²) in [6.45, 7) is 3.70. The summed E-state index contributed by atoms with van der Waals surface area (Å²) in [5, 5.41) is 3.81. The molecule has 124 valence electrons. The first-order valence-electron chi connectivity index (χ1n) is 7.21. The van der Waals surface area contributed by atoms with Crippen molar-refractivity contribution >= 4 is 46.0 Å². The molecular weight excluding hydrogens is 348 g/mol. The SMILES string of the molecule is Cc1cc2nc(SCC(=O)Nc3cccc(Cl)c3C)[nH]c(=O)c2[nH]1. The van der Waals surface area contributed by atoms with Gasteiger partial charge in [0.05, 0.1) is 11.3 Å². The maximum atomic E-state index is 12.1. The monoisotopic (exact) mass is 362 g/mol. The van der Waals surface area contributed by atoms with Crippen molar-refractivity contribution in [2.75, 3.05) is 11.1 Å². The van der Waals surface area contributed by atoms with Crippen molar-refractivity contribution in [3.8, 4) is 0 Å². The lowest BCUT2D eigenvalue weighted by Crippen LogP contribution is -2.16. The largest absolute Gasteiger partial charge is 0.353 e. The van der Waals surface area contributed by atoms with E-state index in [1.807, 2.05) is 13.8 Å². The summed E-state index contributed by atoms with van der Waals surface area (Å²) in [6.07, 6.45) is 0. The molecule has 3 rings (SSSR count). The van der Waals surface area contributed by atoms with Gasteiger partial charge in [0.2, 0.25) is 5.91 Å². The Bertz CT molecular complexity index is 980. The molecule has 0 aliphatic carbocycles. The predicted molar refractivity (Wildman–Crippen MR) is 97.0 cm³/mol. The van der Waals surface area contributed by atoms with Crippen molar-refractivity contribution in [1.82, 2.24) is 15.0 Å². The van der Waals surface area contributed by atoms with E-state index in [1.165, 1.54) is 11.8 Å². The maximum absolute atomic E-state index is 12.1. The number of carbonyl (C=O) groups excluding carboxylic acids is 1. The van der Waals surface area contributed by atoms with Gasteiger partial charge in [-0.1, -0.05) is 29.4 Å². The van der Waals surface area contributed by atoms with Crippen molar-refractivity contribution in [2.45, 2.75) is 19.0 Å². The molecule has 3 N–H and O–H groups in total. The van der Waals surface area contributed by atoms with Crippen molar-refractivity contribution in [1.29, 1.82) is 0 Å². The van der Waals surface area contributed by atoms with E-state index in [4.69, 9.17) is 11.6 Å². The standard InChI is InChI=1S/C16H15ClN4O2S/c1-8-6-12-14(18-8)15(23)21-16(20-12)24-7-13(22)19-11-5-3-4-10(17)9(11)2/h3-6,18H,7H2,1-2H3,(H,19,22)(H,20,21,23). The number of aromatic amines is 2. The van der Waals surface area contributed by atoms with Gasteiger partial charge in [-0.25, -0.2) is 4.98 Å². The van der Waals surface area contributed by atoms with Crippen LogP contribution in [0, 0.1) is 13.8 Å². The molecule has 0 radical (unpaired) electrons. The number of hydrogen-bond donors (Lipinski definition) is 3. The molecule has 24 heavy (non-hydrogen) atoms. The van der Waals surface area contributed by atoms with Crippen LogP contribution >= 0.6 is 23.4 Å². The van der Waals surface area contributed by atoms with E-state index in [2.05, 4.69) is 20.3 Å². The van der Waals surface area contributed by atoms with Gasteiger partial charge in [-0.15, -0.1) is 0 Å². The van der Waals surface area contributed by atoms with E-state index < -0.39 is 0 Å². The molecule has 0 saturated heterocycles. The number of amides is 1. The molecule has 0 aliphatic rings. The van der Waals surface area contributed by atoms with Gasteiger partial charge < -0.3 is 10.3 Å². The lowest BCUT2D eigenvalue weighted by Gasteiger charge is -2.09. The molecule has 1 aromatic carbocycles. The fraction of sp³-hybridized carbons (Fsp3) is 0.188. The Balaban J connectivity index is 1.70. The average molecular weight is 363 g/mol. The van der Waals surface area contributed by atoms with Crippen LogP contribution in [0.15, 0.2) is 34.2 Å². The third kappa shape index (κ3) is 3.47. The third-order valence-electron chi connectivity index (χ3n) is 3.48. The number of rotatable bonds is 4. The minimum Gasteiger partial charge on any atom is -0.353 e. The smallest absolute Gasteiger partial charge is 0.275 e. The topological polar surface area (TPSA) is 90.6 Å². The van der Waals surface area contributed by atoms with Crippen LogP contribution in [0.5, 0.6) is 0 Å². The minimum absolute atomic E-state index is 0.129. The van der Waals surface area contributed by atoms with Gasteiger partial charge in [-0.2, -0.15) is 0 Å². The first-order chi connectivity index (χ1) is 11.4. The van der Waals surface area contributed by atoms with E-state index in [0.29, 0.717) is 26.9 Å². The zero-order chi connectivity index (χ0) is 17.3. The number of anilines is 1. The summed E-state index contributed by atoms with van der Waals surface area (Å²) >= 11 is 7.21. The summed E-state index contributed by atoms with van der Waals surface area (Å²) in [5.41, 5.74) is 3.13. The van der Waals surface area contributed by atoms with Crippen LogP contribution in [0.1, 0.15) is 11.3 Å². The third-order valence-corrected chi connectivity index (χ3v) is 4.77. The second-order valence-electron chi connectivity index (χ2n) is 5.33. The molecule has 2 aromatic heterocycles. The minimum atomic E-state index is -0.248. The van der Waals surface area contributed by atoms with E-state index in [9.17, 15) is 9.59 Å². The van der Waals surface area contributed by atoms with E-state index >= 15 is 0 Å². The van der Waals surface area contributed by atoms with Crippen molar-refractivity contribution in [2.24, 2.45) is 0 Å². The van der Waals surface area contributed by atoms with E-state index in [-0.39, 0.29) is 17.2 Å². The van der Waals surface area contributed by atoms with Crippen LogP contribution in [0.3, 0.4) is 0 Å². The van der Waals surface area contributed by atoms with Gasteiger partial charge in [0.25, 0.3) is 5.56 Å². The first kappa shape index (κ1) is 16.6. The summed E-state index contributed by atoms with van der Waals surface area (Å²) in [5.74, 6) is -0.0672. The maximum Gasteiger partial charge on any atom is 0.275 e. The lowest BCUT2D eigenvalue weighted by molar-refractivity contribution is -0.113. The van der Waals surface area contributed by atoms with E-state index in [0.717, 1.165) is 11.3 Å². The molecule has 6 nitrogen and oxygen atoms in total. The number of nitrogens with one attached hydrogen (secondary N) is 3. The Morgan fingerprint density at radius 1 is 1.33 bits per heavy atom. The highest BCUT2D eigenvalue weighted by Gasteiger charge is 2.10. The molecular formula is C16H15ClN4O2S. The summed E-state index contributed by atoms with van der Waals surface area (Å²) in [7, 11) is 0. The predicted octanol–water partition coefficient (Wildman–Crippen LogP) is 3.25. The van der Waals surface area contributed by atoms with Gasteiger partial charge >= 0.3 is 0 Å². The lowest BCUT2D eigenvalue weighted by atomic mass is 10.2. The number of fused-ring (bicyclic) bond motifs is 1. The second kappa shape index (κ2) is 6.70. The van der Waals surface area contributed by atoms with Crippen LogP contribution in [0.2, 0.25) is 5.02 Å². The van der Waals surface area contributed by atoms with Gasteiger partial charge in [0, 0.05) is 16.4 Å². The Morgan fingerprint density at radius 2 is 2.12 bits per heavy atom. The highest BCUT2D eigenvalue weighted by molar-refractivity contribution is 7.99. The van der Waals surface area contributed by atoms with Crippen LogP contribution in [0.25, 0.3) is 11.0 Å². The molecule has 0 bridgehead atoms. The number of thioether (sulfide) groups is 1. The molecule has 0 unspecified atom stereocenters. The van der Waals surface area contributed by atoms with Gasteiger partial charge in [0.15, 0.2) is 5.16 Å². The number of hydrogen-bond acceptors (Lipinski definition) is 4. The van der Waals surface area contributed by atoms with Crippen molar-refractivity contribution in [3.63, 3.8) is 0 Å². The highest BCUT2D eigenvalue weighted by Crippen LogP contribution is 2.23. The second-order valence-corrected chi connectivity index (χ2v) is 6.70. The number of carbonyl (C=O) groups is 1. The Hall–Kier alpha value is -2.25. The average Bonchev–Trinajstić information content (AvgIpc) is 2.91. The molecule has 0 spiro atoms. The Kier molecular flexibility index (Phi) is 4.64. The molecule has 0 aliphatic heterocycles. The Labute approximate surface area is 147 Å².